The molecule has 2 heterocycles. The molecule has 11 heteroatoms. The monoisotopic (exact) mass is 463 g/mol. The third-order valence-electron chi connectivity index (χ3n) is 4.03. The number of carbonyl (C=O) groups excluding carboxylic acids is 1. The minimum Gasteiger partial charge on any atom is -0.301 e. The SMILES string of the molecule is C=CCn1c(CS(=O)(=O)c2ccccc2)nnc1SC(C)C(=O)Nc1nc(C)cs1. The molecular formula is C19H21N5O3S3. The summed E-state index contributed by atoms with van der Waals surface area (Å²) in [6.45, 7) is 7.65. The molecule has 8 nitrogen and oxygen atoms in total. The average Bonchev–Trinajstić information content (AvgIpc) is 3.29. The Hall–Kier alpha value is -2.50. The molecule has 0 aliphatic carbocycles. The molecule has 0 saturated carbocycles. The number of carbonyl (C=O) groups is 1. The number of aryl methyl sites for hydroxylation is 1. The molecular weight excluding hydrogens is 442 g/mol. The number of rotatable bonds is 9. The topological polar surface area (TPSA) is 107 Å². The predicted octanol–water partition coefficient (Wildman–Crippen LogP) is 3.32. The van der Waals surface area contributed by atoms with Gasteiger partial charge in [-0.25, -0.2) is 13.4 Å². The van der Waals surface area contributed by atoms with Crippen molar-refractivity contribution in [3.8, 4) is 0 Å². The molecule has 0 fully saturated rings. The van der Waals surface area contributed by atoms with Gasteiger partial charge in [-0.05, 0) is 26.0 Å². The Morgan fingerprint density at radius 1 is 1.33 bits per heavy atom. The summed E-state index contributed by atoms with van der Waals surface area (Å²) in [5, 5.41) is 13.3. The first-order valence-electron chi connectivity index (χ1n) is 9.00. The normalized spacial score (nSPS) is 12.5. The molecule has 0 bridgehead atoms. The van der Waals surface area contributed by atoms with Crippen LogP contribution in [0.25, 0.3) is 0 Å². The van der Waals surface area contributed by atoms with Crippen molar-refractivity contribution in [2.24, 2.45) is 0 Å². The smallest absolute Gasteiger partial charge is 0.239 e. The molecule has 3 aromatic rings. The van der Waals surface area contributed by atoms with Gasteiger partial charge in [-0.15, -0.1) is 28.1 Å². The maximum atomic E-state index is 12.7. The fraction of sp³-hybridized carbons (Fsp3) is 0.263. The first kappa shape index (κ1) is 22.2. The highest BCUT2D eigenvalue weighted by Crippen LogP contribution is 2.26. The second kappa shape index (κ2) is 9.54. The molecule has 1 atom stereocenters. The lowest BCUT2D eigenvalue weighted by molar-refractivity contribution is -0.115. The number of nitrogens with zero attached hydrogens (tertiary/aromatic N) is 4. The van der Waals surface area contributed by atoms with E-state index in [1.54, 1.807) is 47.9 Å². The molecule has 1 unspecified atom stereocenters. The van der Waals surface area contributed by atoms with E-state index >= 15 is 0 Å². The van der Waals surface area contributed by atoms with Crippen LogP contribution in [-0.4, -0.2) is 39.3 Å². The third-order valence-corrected chi connectivity index (χ3v) is 7.61. The molecule has 1 aromatic carbocycles. The van der Waals surface area contributed by atoms with E-state index in [-0.39, 0.29) is 16.6 Å². The van der Waals surface area contributed by atoms with E-state index in [0.29, 0.717) is 22.7 Å². The molecule has 1 N–H and O–H groups in total. The highest BCUT2D eigenvalue weighted by molar-refractivity contribution is 8.00. The first-order valence-corrected chi connectivity index (χ1v) is 12.4. The van der Waals surface area contributed by atoms with Crippen molar-refractivity contribution < 1.29 is 13.2 Å². The van der Waals surface area contributed by atoms with Gasteiger partial charge in [-0.2, -0.15) is 0 Å². The molecule has 0 radical (unpaired) electrons. The molecule has 0 aliphatic rings. The van der Waals surface area contributed by atoms with Crippen molar-refractivity contribution in [2.75, 3.05) is 5.32 Å². The van der Waals surface area contributed by atoms with Crippen LogP contribution in [0.15, 0.2) is 58.4 Å². The summed E-state index contributed by atoms with van der Waals surface area (Å²) in [4.78, 5) is 16.9. The maximum Gasteiger partial charge on any atom is 0.239 e. The summed E-state index contributed by atoms with van der Waals surface area (Å²) in [5.74, 6) is -0.220. The summed E-state index contributed by atoms with van der Waals surface area (Å²) in [6, 6.07) is 8.20. The number of allylic oxidation sites excluding steroid dienone is 1. The molecule has 30 heavy (non-hydrogen) atoms. The van der Waals surface area contributed by atoms with Gasteiger partial charge in [0.1, 0.15) is 11.6 Å². The molecule has 158 valence electrons. The summed E-state index contributed by atoms with van der Waals surface area (Å²) in [7, 11) is -3.58. The van der Waals surface area contributed by atoms with E-state index < -0.39 is 15.1 Å². The molecule has 2 aromatic heterocycles. The highest BCUT2D eigenvalue weighted by Gasteiger charge is 2.24. The number of amides is 1. The quantitative estimate of drug-likeness (QED) is 0.383. The van der Waals surface area contributed by atoms with Crippen LogP contribution < -0.4 is 5.32 Å². The van der Waals surface area contributed by atoms with Crippen LogP contribution in [-0.2, 0) is 26.9 Å². The van der Waals surface area contributed by atoms with Crippen molar-refractivity contribution in [1.29, 1.82) is 0 Å². The second-order valence-corrected chi connectivity index (χ2v) is 10.6. The van der Waals surface area contributed by atoms with E-state index in [9.17, 15) is 13.2 Å². The number of benzene rings is 1. The van der Waals surface area contributed by atoms with Crippen LogP contribution in [0.3, 0.4) is 0 Å². The third kappa shape index (κ3) is 5.35. The van der Waals surface area contributed by atoms with Gasteiger partial charge >= 0.3 is 0 Å². The van der Waals surface area contributed by atoms with Gasteiger partial charge in [-0.1, -0.05) is 36.0 Å². The lowest BCUT2D eigenvalue weighted by Gasteiger charge is -2.12. The number of thioether (sulfide) groups is 1. The Kier molecular flexibility index (Phi) is 7.06. The highest BCUT2D eigenvalue weighted by atomic mass is 32.2. The zero-order valence-electron chi connectivity index (χ0n) is 16.5. The largest absolute Gasteiger partial charge is 0.301 e. The number of aromatic nitrogens is 4. The first-order chi connectivity index (χ1) is 14.3. The summed E-state index contributed by atoms with van der Waals surface area (Å²) in [5.41, 5.74) is 0.839. The number of sulfone groups is 1. The number of hydrogen-bond donors (Lipinski definition) is 1. The van der Waals surface area contributed by atoms with Gasteiger partial charge in [0.15, 0.2) is 20.1 Å². The summed E-state index contributed by atoms with van der Waals surface area (Å²) in [6.07, 6.45) is 1.63. The minimum absolute atomic E-state index is 0.221. The van der Waals surface area contributed by atoms with Gasteiger partial charge in [0.05, 0.1) is 15.8 Å². The van der Waals surface area contributed by atoms with Crippen molar-refractivity contribution in [2.45, 2.75) is 41.4 Å². The molecule has 3 rings (SSSR count). The van der Waals surface area contributed by atoms with Gasteiger partial charge in [0, 0.05) is 11.9 Å². The Morgan fingerprint density at radius 2 is 2.07 bits per heavy atom. The summed E-state index contributed by atoms with van der Waals surface area (Å²) >= 11 is 2.55. The van der Waals surface area contributed by atoms with Crippen LogP contribution in [0.1, 0.15) is 18.4 Å². The van der Waals surface area contributed by atoms with Crippen LogP contribution in [0.5, 0.6) is 0 Å². The van der Waals surface area contributed by atoms with Gasteiger partial charge < -0.3 is 9.88 Å². The van der Waals surface area contributed by atoms with Crippen LogP contribution in [0, 0.1) is 6.92 Å². The van der Waals surface area contributed by atoms with E-state index in [0.717, 1.165) is 5.69 Å². The number of anilines is 1. The van der Waals surface area contributed by atoms with Crippen molar-refractivity contribution in [3.05, 3.63) is 59.9 Å². The molecule has 0 saturated heterocycles. The van der Waals surface area contributed by atoms with Crippen molar-refractivity contribution in [3.63, 3.8) is 0 Å². The zero-order chi connectivity index (χ0) is 21.7. The van der Waals surface area contributed by atoms with Gasteiger partial charge in [0.2, 0.25) is 5.91 Å². The summed E-state index contributed by atoms with van der Waals surface area (Å²) < 4.78 is 27.1. The fourth-order valence-electron chi connectivity index (χ4n) is 2.54. The maximum absolute atomic E-state index is 12.7. The van der Waals surface area contributed by atoms with Crippen molar-refractivity contribution in [1.82, 2.24) is 19.7 Å². The van der Waals surface area contributed by atoms with Crippen LogP contribution in [0.4, 0.5) is 5.13 Å². The lowest BCUT2D eigenvalue weighted by atomic mass is 10.4. The van der Waals surface area contributed by atoms with E-state index in [2.05, 4.69) is 27.1 Å². The Morgan fingerprint density at radius 3 is 2.70 bits per heavy atom. The molecule has 0 aliphatic heterocycles. The van der Waals surface area contributed by atoms with E-state index in [1.807, 2.05) is 12.3 Å². The average molecular weight is 464 g/mol. The Balaban J connectivity index is 1.76. The van der Waals surface area contributed by atoms with Crippen LogP contribution >= 0.6 is 23.1 Å². The van der Waals surface area contributed by atoms with E-state index in [4.69, 9.17) is 0 Å². The molecule has 0 spiro atoms. The number of nitrogens with one attached hydrogen (secondary N) is 1. The van der Waals surface area contributed by atoms with Gasteiger partial charge in [0.25, 0.3) is 0 Å². The Labute approximate surface area is 183 Å². The minimum atomic E-state index is -3.58. The number of thiazole rings is 1. The predicted molar refractivity (Wildman–Crippen MR) is 118 cm³/mol. The number of hydrogen-bond acceptors (Lipinski definition) is 8. The Bertz CT molecular complexity index is 1140. The lowest BCUT2D eigenvalue weighted by Crippen LogP contribution is -2.23. The van der Waals surface area contributed by atoms with E-state index in [1.165, 1.54) is 23.1 Å². The molecule has 1 amide bonds. The van der Waals surface area contributed by atoms with Crippen LogP contribution in [0.2, 0.25) is 0 Å². The second-order valence-electron chi connectivity index (χ2n) is 6.41. The zero-order valence-corrected chi connectivity index (χ0v) is 18.9. The standard InChI is InChI=1S/C19H21N5O3S3/c1-4-10-24-16(12-30(26,27)15-8-6-5-7-9-15)22-23-19(24)29-14(3)17(25)21-18-20-13(2)11-28-18/h4-9,11,14H,1,10,12H2,2-3H3,(H,20,21,25). The van der Waals surface area contributed by atoms with Gasteiger partial charge in [-0.3, -0.25) is 4.79 Å². The fourth-order valence-corrected chi connectivity index (χ4v) is 5.40. The van der Waals surface area contributed by atoms with Crippen molar-refractivity contribution >= 4 is 44.0 Å².